The molecule has 1 N–H and O–H groups in total. The number of thiazole rings is 1. The molecule has 0 amide bonds. The third-order valence-corrected chi connectivity index (χ3v) is 2.44. The summed E-state index contributed by atoms with van der Waals surface area (Å²) in [7, 11) is 0. The molecule has 0 aliphatic heterocycles. The van der Waals surface area contributed by atoms with E-state index in [1.807, 2.05) is 0 Å². The van der Waals surface area contributed by atoms with E-state index in [4.69, 9.17) is 4.74 Å². The highest BCUT2D eigenvalue weighted by Gasteiger charge is 2.11. The van der Waals surface area contributed by atoms with Crippen LogP contribution < -0.4 is 10.1 Å². The molecule has 0 saturated heterocycles. The van der Waals surface area contributed by atoms with Gasteiger partial charge in [-0.3, -0.25) is 10.1 Å². The molecule has 0 spiro atoms. The molecule has 0 atom stereocenters. The van der Waals surface area contributed by atoms with Crippen molar-refractivity contribution in [1.29, 1.82) is 0 Å². The molecule has 6 nitrogen and oxygen atoms in total. The highest BCUT2D eigenvalue weighted by Crippen LogP contribution is 2.26. The van der Waals surface area contributed by atoms with Crippen molar-refractivity contribution >= 4 is 16.3 Å². The summed E-state index contributed by atoms with van der Waals surface area (Å²) in [5.41, 5.74) is 0. The molecule has 15 heavy (non-hydrogen) atoms. The Morgan fingerprint density at radius 2 is 2.47 bits per heavy atom. The van der Waals surface area contributed by atoms with E-state index in [1.165, 1.54) is 6.20 Å². The highest BCUT2D eigenvalue weighted by molar-refractivity contribution is 7.16. The van der Waals surface area contributed by atoms with E-state index in [2.05, 4.69) is 17.2 Å². The first-order chi connectivity index (χ1) is 7.24. The van der Waals surface area contributed by atoms with E-state index >= 15 is 0 Å². The average Bonchev–Trinajstić information content (AvgIpc) is 2.66. The van der Waals surface area contributed by atoms with E-state index in [9.17, 15) is 10.1 Å². The number of nitro groups is 1. The summed E-state index contributed by atoms with van der Waals surface area (Å²) >= 11 is 0.945. The molecule has 0 bridgehead atoms. The molecular formula is C8H13N3O3S. The van der Waals surface area contributed by atoms with Gasteiger partial charge in [0.25, 0.3) is 5.19 Å². The second-order valence-electron chi connectivity index (χ2n) is 2.82. The summed E-state index contributed by atoms with van der Waals surface area (Å²) in [6, 6.07) is 0. The number of nitrogens with one attached hydrogen (secondary N) is 1. The van der Waals surface area contributed by atoms with Gasteiger partial charge in [0, 0.05) is 6.54 Å². The lowest BCUT2D eigenvalue weighted by Crippen LogP contribution is -2.21. The normalized spacial score (nSPS) is 10.2. The smallest absolute Gasteiger partial charge is 0.347 e. The first-order valence-corrected chi connectivity index (χ1v) is 5.49. The molecule has 1 heterocycles. The number of hydrogen-bond donors (Lipinski definition) is 1. The molecule has 0 aromatic carbocycles. The lowest BCUT2D eigenvalue weighted by Gasteiger charge is -2.02. The van der Waals surface area contributed by atoms with Crippen LogP contribution in [0.3, 0.4) is 0 Å². The lowest BCUT2D eigenvalue weighted by molar-refractivity contribution is -0.380. The van der Waals surface area contributed by atoms with Gasteiger partial charge in [-0.2, -0.15) is 0 Å². The van der Waals surface area contributed by atoms with Gasteiger partial charge in [0.1, 0.15) is 12.8 Å². The molecule has 1 aromatic heterocycles. The van der Waals surface area contributed by atoms with Crippen LogP contribution >= 0.6 is 11.3 Å². The first-order valence-electron chi connectivity index (χ1n) is 4.67. The maximum atomic E-state index is 10.3. The molecule has 1 rings (SSSR count). The van der Waals surface area contributed by atoms with Gasteiger partial charge in [-0.05, 0) is 24.3 Å². The Bertz CT molecular complexity index is 316. The van der Waals surface area contributed by atoms with Crippen LogP contribution in [-0.4, -0.2) is 29.6 Å². The van der Waals surface area contributed by atoms with Crippen LogP contribution in [0, 0.1) is 10.1 Å². The van der Waals surface area contributed by atoms with Gasteiger partial charge in [0.05, 0.1) is 4.92 Å². The number of ether oxygens (including phenoxy) is 1. The fourth-order valence-electron chi connectivity index (χ4n) is 0.914. The van der Waals surface area contributed by atoms with E-state index in [0.717, 1.165) is 30.8 Å². The fourth-order valence-corrected chi connectivity index (χ4v) is 1.52. The Morgan fingerprint density at radius 1 is 1.67 bits per heavy atom. The third-order valence-electron chi connectivity index (χ3n) is 1.58. The van der Waals surface area contributed by atoms with Gasteiger partial charge in [0.2, 0.25) is 0 Å². The predicted octanol–water partition coefficient (Wildman–Crippen LogP) is 1.43. The Kier molecular flexibility index (Phi) is 4.99. The van der Waals surface area contributed by atoms with Crippen molar-refractivity contribution in [2.45, 2.75) is 13.3 Å². The average molecular weight is 231 g/mol. The topological polar surface area (TPSA) is 77.3 Å². The Hall–Kier alpha value is -1.21. The van der Waals surface area contributed by atoms with Crippen LogP contribution in [0.2, 0.25) is 0 Å². The zero-order valence-corrected chi connectivity index (χ0v) is 9.25. The largest absolute Gasteiger partial charge is 0.469 e. The monoisotopic (exact) mass is 231 g/mol. The van der Waals surface area contributed by atoms with Gasteiger partial charge in [-0.1, -0.05) is 6.92 Å². The molecule has 0 unspecified atom stereocenters. The van der Waals surface area contributed by atoms with Crippen molar-refractivity contribution in [3.8, 4) is 5.19 Å². The summed E-state index contributed by atoms with van der Waals surface area (Å²) in [6.45, 7) is 4.23. The zero-order chi connectivity index (χ0) is 11.1. The molecule has 84 valence electrons. The molecule has 0 aliphatic rings. The minimum atomic E-state index is -0.472. The van der Waals surface area contributed by atoms with Gasteiger partial charge >= 0.3 is 5.00 Å². The molecule has 0 saturated carbocycles. The summed E-state index contributed by atoms with van der Waals surface area (Å²) in [4.78, 5) is 13.6. The zero-order valence-electron chi connectivity index (χ0n) is 8.43. The van der Waals surface area contributed by atoms with Crippen molar-refractivity contribution in [2.75, 3.05) is 19.7 Å². The van der Waals surface area contributed by atoms with Crippen LogP contribution in [0.1, 0.15) is 13.3 Å². The Balaban J connectivity index is 2.23. The Morgan fingerprint density at radius 3 is 3.07 bits per heavy atom. The van der Waals surface area contributed by atoms with Gasteiger partial charge < -0.3 is 10.1 Å². The van der Waals surface area contributed by atoms with Crippen molar-refractivity contribution < 1.29 is 9.66 Å². The molecule has 0 radical (unpaired) electrons. The van der Waals surface area contributed by atoms with Crippen LogP contribution in [0.4, 0.5) is 5.00 Å². The predicted molar refractivity (Wildman–Crippen MR) is 57.4 cm³/mol. The summed E-state index contributed by atoms with van der Waals surface area (Å²) in [5, 5.41) is 13.8. The SMILES string of the molecule is CCCNCCOc1ncc([N+](=O)[O-])s1. The Labute approximate surface area is 91.4 Å². The number of hydrogen-bond acceptors (Lipinski definition) is 6. The van der Waals surface area contributed by atoms with E-state index in [1.54, 1.807) is 0 Å². The quantitative estimate of drug-likeness (QED) is 0.436. The van der Waals surface area contributed by atoms with Gasteiger partial charge in [-0.15, -0.1) is 0 Å². The number of nitrogens with zero attached hydrogens (tertiary/aromatic N) is 2. The van der Waals surface area contributed by atoms with Crippen molar-refractivity contribution in [2.24, 2.45) is 0 Å². The minimum Gasteiger partial charge on any atom is -0.469 e. The molecular weight excluding hydrogens is 218 g/mol. The standard InChI is InChI=1S/C8H13N3O3S/c1-2-3-9-4-5-14-8-10-6-7(15-8)11(12)13/h6,9H,2-5H2,1H3. The summed E-state index contributed by atoms with van der Waals surface area (Å²) < 4.78 is 5.22. The molecule has 1 aromatic rings. The fraction of sp³-hybridized carbons (Fsp3) is 0.625. The molecule has 0 fully saturated rings. The van der Waals surface area contributed by atoms with Gasteiger partial charge in [-0.25, -0.2) is 4.98 Å². The summed E-state index contributed by atoms with van der Waals surface area (Å²) in [5.74, 6) is 0. The maximum absolute atomic E-state index is 10.3. The van der Waals surface area contributed by atoms with Crippen LogP contribution in [-0.2, 0) is 0 Å². The van der Waals surface area contributed by atoms with Crippen LogP contribution in [0.5, 0.6) is 5.19 Å². The number of rotatable bonds is 7. The lowest BCUT2D eigenvalue weighted by atomic mass is 10.5. The second kappa shape index (κ2) is 6.31. The van der Waals surface area contributed by atoms with Gasteiger partial charge in [0.15, 0.2) is 0 Å². The van der Waals surface area contributed by atoms with Crippen LogP contribution in [0.25, 0.3) is 0 Å². The van der Waals surface area contributed by atoms with E-state index in [-0.39, 0.29) is 5.00 Å². The van der Waals surface area contributed by atoms with Crippen molar-refractivity contribution in [1.82, 2.24) is 10.3 Å². The molecule has 7 heteroatoms. The minimum absolute atomic E-state index is 0.00603. The van der Waals surface area contributed by atoms with E-state index < -0.39 is 4.92 Å². The molecule has 0 aliphatic carbocycles. The third kappa shape index (κ3) is 4.22. The summed E-state index contributed by atoms with van der Waals surface area (Å²) in [6.07, 6.45) is 2.28. The second-order valence-corrected chi connectivity index (χ2v) is 3.79. The highest BCUT2D eigenvalue weighted by atomic mass is 32.1. The van der Waals surface area contributed by atoms with Crippen molar-refractivity contribution in [3.63, 3.8) is 0 Å². The van der Waals surface area contributed by atoms with Crippen molar-refractivity contribution in [3.05, 3.63) is 16.3 Å². The number of aromatic nitrogens is 1. The van der Waals surface area contributed by atoms with E-state index in [0.29, 0.717) is 11.8 Å². The van der Waals surface area contributed by atoms with Crippen LogP contribution in [0.15, 0.2) is 6.20 Å². The first kappa shape index (κ1) is 11.9. The maximum Gasteiger partial charge on any atom is 0.347 e.